The fraction of sp³-hybridized carbons (Fsp3) is 0.385. The lowest BCUT2D eigenvalue weighted by molar-refractivity contribution is 0.0948. The third-order valence-corrected chi connectivity index (χ3v) is 3.11. The topological polar surface area (TPSA) is 73.6 Å². The summed E-state index contributed by atoms with van der Waals surface area (Å²) in [5, 5.41) is 2.76. The monoisotopic (exact) mass is 282 g/mol. The third kappa shape index (κ3) is 4.10. The van der Waals surface area contributed by atoms with Crippen LogP contribution in [0.4, 0.5) is 0 Å². The van der Waals surface area contributed by atoms with E-state index in [9.17, 15) is 4.79 Å². The van der Waals surface area contributed by atoms with Crippen LogP contribution in [0.3, 0.4) is 0 Å². The van der Waals surface area contributed by atoms with Crippen molar-refractivity contribution < 1.29 is 14.3 Å². The van der Waals surface area contributed by atoms with Gasteiger partial charge in [0.05, 0.1) is 24.8 Å². The molecule has 0 heterocycles. The van der Waals surface area contributed by atoms with Crippen molar-refractivity contribution >= 4 is 23.1 Å². The van der Waals surface area contributed by atoms with Gasteiger partial charge in [-0.2, -0.15) is 0 Å². The molecule has 0 aromatic heterocycles. The molecular weight excluding hydrogens is 264 g/mol. The molecule has 1 unspecified atom stereocenters. The minimum absolute atomic E-state index is 0.0597. The van der Waals surface area contributed by atoms with Crippen molar-refractivity contribution in [2.75, 3.05) is 20.8 Å². The van der Waals surface area contributed by atoms with Crippen molar-refractivity contribution in [3.8, 4) is 11.5 Å². The maximum atomic E-state index is 12.1. The van der Waals surface area contributed by atoms with Gasteiger partial charge in [0.25, 0.3) is 5.91 Å². The fourth-order valence-electron chi connectivity index (χ4n) is 1.43. The summed E-state index contributed by atoms with van der Waals surface area (Å²) in [6, 6.07) is 5.04. The zero-order valence-corrected chi connectivity index (χ0v) is 12.0. The van der Waals surface area contributed by atoms with Gasteiger partial charge in [0.2, 0.25) is 0 Å². The van der Waals surface area contributed by atoms with Crippen LogP contribution in [0.5, 0.6) is 11.5 Å². The van der Waals surface area contributed by atoms with Gasteiger partial charge in [-0.05, 0) is 18.2 Å². The molecule has 0 saturated heterocycles. The van der Waals surface area contributed by atoms with Gasteiger partial charge in [0, 0.05) is 12.5 Å². The Morgan fingerprint density at radius 3 is 2.63 bits per heavy atom. The van der Waals surface area contributed by atoms with Crippen LogP contribution in [0, 0.1) is 5.92 Å². The molecule has 0 fully saturated rings. The van der Waals surface area contributed by atoms with E-state index in [0.29, 0.717) is 28.6 Å². The highest BCUT2D eigenvalue weighted by atomic mass is 32.1. The van der Waals surface area contributed by atoms with Crippen molar-refractivity contribution in [2.45, 2.75) is 6.92 Å². The highest BCUT2D eigenvalue weighted by molar-refractivity contribution is 7.80. The first-order valence-corrected chi connectivity index (χ1v) is 6.20. The zero-order chi connectivity index (χ0) is 14.4. The van der Waals surface area contributed by atoms with E-state index in [2.05, 4.69) is 5.32 Å². The van der Waals surface area contributed by atoms with Crippen LogP contribution in [-0.4, -0.2) is 31.7 Å². The lowest BCUT2D eigenvalue weighted by Crippen LogP contribution is -2.33. The van der Waals surface area contributed by atoms with Crippen LogP contribution in [0.1, 0.15) is 17.3 Å². The minimum Gasteiger partial charge on any atom is -0.497 e. The Morgan fingerprint density at radius 2 is 2.11 bits per heavy atom. The Morgan fingerprint density at radius 1 is 1.42 bits per heavy atom. The fourth-order valence-corrected chi connectivity index (χ4v) is 1.52. The molecule has 1 aromatic rings. The average molecular weight is 282 g/mol. The van der Waals surface area contributed by atoms with E-state index >= 15 is 0 Å². The van der Waals surface area contributed by atoms with Crippen LogP contribution in [-0.2, 0) is 0 Å². The predicted octanol–water partition coefficient (Wildman–Crippen LogP) is 1.36. The van der Waals surface area contributed by atoms with E-state index in [0.717, 1.165) is 0 Å². The summed E-state index contributed by atoms with van der Waals surface area (Å²) < 4.78 is 10.2. The van der Waals surface area contributed by atoms with Gasteiger partial charge in [-0.25, -0.2) is 0 Å². The quantitative estimate of drug-likeness (QED) is 0.771. The highest BCUT2D eigenvalue weighted by Crippen LogP contribution is 2.23. The second-order valence-corrected chi connectivity index (χ2v) is 4.55. The number of rotatable bonds is 6. The first-order chi connectivity index (χ1) is 8.99. The van der Waals surface area contributed by atoms with Crippen molar-refractivity contribution in [3.05, 3.63) is 23.8 Å². The Balaban J connectivity index is 2.83. The molecule has 19 heavy (non-hydrogen) atoms. The van der Waals surface area contributed by atoms with Gasteiger partial charge < -0.3 is 20.5 Å². The number of carbonyl (C=O) groups is 1. The third-order valence-electron chi connectivity index (χ3n) is 2.71. The second kappa shape index (κ2) is 6.94. The first-order valence-electron chi connectivity index (χ1n) is 5.79. The van der Waals surface area contributed by atoms with Gasteiger partial charge in [0.15, 0.2) is 0 Å². The molecule has 104 valence electrons. The van der Waals surface area contributed by atoms with E-state index in [-0.39, 0.29) is 11.8 Å². The Hall–Kier alpha value is -1.82. The number of thiocarbonyl (C=S) groups is 1. The molecular formula is C13H18N2O3S. The number of amides is 1. The molecule has 0 radical (unpaired) electrons. The number of hydrogen-bond donors (Lipinski definition) is 2. The van der Waals surface area contributed by atoms with Gasteiger partial charge in [0.1, 0.15) is 11.5 Å². The van der Waals surface area contributed by atoms with Crippen LogP contribution in [0.2, 0.25) is 0 Å². The molecule has 3 N–H and O–H groups in total. The van der Waals surface area contributed by atoms with E-state index in [1.165, 1.54) is 7.11 Å². The highest BCUT2D eigenvalue weighted by Gasteiger charge is 2.15. The Kier molecular flexibility index (Phi) is 5.57. The number of benzene rings is 1. The molecule has 0 spiro atoms. The molecule has 0 bridgehead atoms. The van der Waals surface area contributed by atoms with Crippen LogP contribution < -0.4 is 20.5 Å². The Labute approximate surface area is 118 Å². The van der Waals surface area contributed by atoms with Crippen molar-refractivity contribution in [3.63, 3.8) is 0 Å². The second-order valence-electron chi connectivity index (χ2n) is 4.08. The summed E-state index contributed by atoms with van der Waals surface area (Å²) in [6.45, 7) is 2.24. The lowest BCUT2D eigenvalue weighted by Gasteiger charge is -2.13. The SMILES string of the molecule is COc1ccc(OC)c(C(=O)NCC(C)C(N)=S)c1. The summed E-state index contributed by atoms with van der Waals surface area (Å²) in [5.74, 6) is 0.768. The standard InChI is InChI=1S/C13H18N2O3S/c1-8(12(14)19)7-15-13(16)10-6-9(17-2)4-5-11(10)18-3/h4-6,8H,7H2,1-3H3,(H2,14,19)(H,15,16). The van der Waals surface area contributed by atoms with Crippen molar-refractivity contribution in [2.24, 2.45) is 11.7 Å². The van der Waals surface area contributed by atoms with Gasteiger partial charge in [-0.3, -0.25) is 4.79 Å². The number of ether oxygens (including phenoxy) is 2. The minimum atomic E-state index is -0.251. The average Bonchev–Trinajstić information content (AvgIpc) is 2.43. The predicted molar refractivity (Wildman–Crippen MR) is 77.8 cm³/mol. The van der Waals surface area contributed by atoms with E-state index in [1.54, 1.807) is 25.3 Å². The van der Waals surface area contributed by atoms with Crippen LogP contribution in [0.25, 0.3) is 0 Å². The van der Waals surface area contributed by atoms with Crippen molar-refractivity contribution in [1.29, 1.82) is 0 Å². The summed E-state index contributed by atoms with van der Waals surface area (Å²) in [7, 11) is 3.05. The number of methoxy groups -OCH3 is 2. The lowest BCUT2D eigenvalue weighted by atomic mass is 10.1. The molecule has 0 aliphatic carbocycles. The maximum absolute atomic E-state index is 12.1. The summed E-state index contributed by atoms with van der Waals surface area (Å²) in [6.07, 6.45) is 0. The number of carbonyl (C=O) groups excluding carboxylic acids is 1. The number of hydrogen-bond acceptors (Lipinski definition) is 4. The zero-order valence-electron chi connectivity index (χ0n) is 11.2. The molecule has 1 amide bonds. The van der Waals surface area contributed by atoms with Gasteiger partial charge >= 0.3 is 0 Å². The van der Waals surface area contributed by atoms with Crippen LogP contribution >= 0.6 is 12.2 Å². The van der Waals surface area contributed by atoms with Gasteiger partial charge in [-0.1, -0.05) is 19.1 Å². The molecule has 6 heteroatoms. The largest absolute Gasteiger partial charge is 0.497 e. The summed E-state index contributed by atoms with van der Waals surface area (Å²) >= 11 is 4.86. The maximum Gasteiger partial charge on any atom is 0.255 e. The van der Waals surface area contributed by atoms with Crippen molar-refractivity contribution in [1.82, 2.24) is 5.32 Å². The first kappa shape index (κ1) is 15.2. The van der Waals surface area contributed by atoms with E-state index < -0.39 is 0 Å². The molecule has 1 rings (SSSR count). The molecule has 1 aromatic carbocycles. The normalized spacial score (nSPS) is 11.5. The molecule has 0 saturated carbocycles. The number of nitrogens with two attached hydrogens (primary N) is 1. The summed E-state index contributed by atoms with van der Waals surface area (Å²) in [4.78, 5) is 12.5. The van der Waals surface area contributed by atoms with Gasteiger partial charge in [-0.15, -0.1) is 0 Å². The molecule has 5 nitrogen and oxygen atoms in total. The van der Waals surface area contributed by atoms with Crippen LogP contribution in [0.15, 0.2) is 18.2 Å². The Bertz CT molecular complexity index is 477. The number of nitrogens with one attached hydrogen (secondary N) is 1. The van der Waals surface area contributed by atoms with E-state index in [1.807, 2.05) is 6.92 Å². The smallest absolute Gasteiger partial charge is 0.255 e. The molecule has 0 aliphatic rings. The van der Waals surface area contributed by atoms with E-state index in [4.69, 9.17) is 27.4 Å². The molecule has 0 aliphatic heterocycles. The molecule has 1 atom stereocenters. The summed E-state index contributed by atoms with van der Waals surface area (Å²) in [5.41, 5.74) is 5.91.